The molecule has 1 aromatic heterocycles. The highest BCUT2D eigenvalue weighted by atomic mass is 35.5. The fourth-order valence-corrected chi connectivity index (χ4v) is 3.47. The fraction of sp³-hybridized carbons (Fsp3) is 0.208. The Kier molecular flexibility index (Phi) is 6.18. The average Bonchev–Trinajstić information content (AvgIpc) is 3.58. The molecule has 2 amide bonds. The van der Waals surface area contributed by atoms with Crippen LogP contribution in [-0.4, -0.2) is 22.4 Å². The van der Waals surface area contributed by atoms with Crippen LogP contribution in [0.2, 0.25) is 5.02 Å². The predicted octanol–water partition coefficient (Wildman–Crippen LogP) is 3.37. The number of hydrogen-bond acceptors (Lipinski definition) is 3. The normalized spacial score (nSPS) is 12.9. The Morgan fingerprint density at radius 3 is 2.29 bits per heavy atom. The second-order valence-corrected chi connectivity index (χ2v) is 8.07. The van der Waals surface area contributed by atoms with Gasteiger partial charge in [-0.1, -0.05) is 54.1 Å². The Morgan fingerprint density at radius 2 is 1.61 bits per heavy atom. The van der Waals surface area contributed by atoms with Crippen molar-refractivity contribution in [1.82, 2.24) is 15.2 Å². The van der Waals surface area contributed by atoms with E-state index in [9.17, 15) is 14.4 Å². The van der Waals surface area contributed by atoms with Gasteiger partial charge in [-0.15, -0.1) is 0 Å². The summed E-state index contributed by atoms with van der Waals surface area (Å²) in [5, 5.41) is 6.15. The van der Waals surface area contributed by atoms with Crippen LogP contribution >= 0.6 is 11.6 Å². The van der Waals surface area contributed by atoms with Gasteiger partial charge in [-0.3, -0.25) is 14.4 Å². The SMILES string of the molecule is O=C(NCc1cccc(Cl)c1)c1cn(Cc2ccccc2)cc(C(=O)NC2CC2)c1=O. The standard InChI is InChI=1S/C24H22ClN3O3/c25-18-8-4-7-17(11-18)12-26-23(30)20-14-28(13-16-5-2-1-3-6-16)15-21(22(20)29)24(31)27-19-9-10-19/h1-8,11,14-15,19H,9-10,12-13H2,(H,26,30)(H,27,31). The van der Waals surface area contributed by atoms with Gasteiger partial charge in [-0.25, -0.2) is 0 Å². The minimum atomic E-state index is -0.578. The van der Waals surface area contributed by atoms with Crippen molar-refractivity contribution in [2.24, 2.45) is 0 Å². The maximum atomic E-state index is 13.0. The fourth-order valence-electron chi connectivity index (χ4n) is 3.26. The number of benzene rings is 2. The Labute approximate surface area is 184 Å². The molecule has 0 unspecified atom stereocenters. The molecule has 7 heteroatoms. The van der Waals surface area contributed by atoms with Crippen molar-refractivity contribution < 1.29 is 9.59 Å². The number of carbonyl (C=O) groups excluding carboxylic acids is 2. The predicted molar refractivity (Wildman–Crippen MR) is 119 cm³/mol. The van der Waals surface area contributed by atoms with Crippen LogP contribution in [0.25, 0.3) is 0 Å². The smallest absolute Gasteiger partial charge is 0.257 e. The van der Waals surface area contributed by atoms with E-state index in [2.05, 4.69) is 10.6 Å². The van der Waals surface area contributed by atoms with E-state index in [4.69, 9.17) is 11.6 Å². The van der Waals surface area contributed by atoms with E-state index in [1.54, 1.807) is 22.8 Å². The molecule has 158 valence electrons. The summed E-state index contributed by atoms with van der Waals surface area (Å²) in [6.07, 6.45) is 4.82. The van der Waals surface area contributed by atoms with E-state index in [1.165, 1.54) is 12.4 Å². The van der Waals surface area contributed by atoms with Crippen molar-refractivity contribution in [3.63, 3.8) is 0 Å². The number of aromatic nitrogens is 1. The minimum absolute atomic E-state index is 0.0294. The number of nitrogens with zero attached hydrogens (tertiary/aromatic N) is 1. The highest BCUT2D eigenvalue weighted by Crippen LogP contribution is 2.19. The second-order valence-electron chi connectivity index (χ2n) is 7.63. The number of rotatable bonds is 7. The zero-order valence-electron chi connectivity index (χ0n) is 16.8. The summed E-state index contributed by atoms with van der Waals surface area (Å²) < 4.78 is 1.70. The molecule has 1 fully saturated rings. The lowest BCUT2D eigenvalue weighted by Gasteiger charge is -2.13. The third-order valence-corrected chi connectivity index (χ3v) is 5.27. The number of halogens is 1. The molecule has 1 aliphatic rings. The van der Waals surface area contributed by atoms with Gasteiger partial charge in [0.1, 0.15) is 11.1 Å². The van der Waals surface area contributed by atoms with Gasteiger partial charge < -0.3 is 15.2 Å². The summed E-state index contributed by atoms with van der Waals surface area (Å²) in [4.78, 5) is 38.5. The first-order valence-corrected chi connectivity index (χ1v) is 10.5. The molecule has 0 saturated heterocycles. The van der Waals surface area contributed by atoms with Crippen LogP contribution in [0.3, 0.4) is 0 Å². The maximum absolute atomic E-state index is 13.0. The summed E-state index contributed by atoms with van der Waals surface area (Å²) in [6, 6.07) is 16.9. The van der Waals surface area contributed by atoms with Crippen molar-refractivity contribution in [2.75, 3.05) is 0 Å². The van der Waals surface area contributed by atoms with Crippen molar-refractivity contribution in [2.45, 2.75) is 32.0 Å². The van der Waals surface area contributed by atoms with Crippen LogP contribution in [0.15, 0.2) is 71.8 Å². The molecule has 0 bridgehead atoms. The summed E-state index contributed by atoms with van der Waals surface area (Å²) in [7, 11) is 0. The van der Waals surface area contributed by atoms with Crippen molar-refractivity contribution >= 4 is 23.4 Å². The van der Waals surface area contributed by atoms with Crippen molar-refractivity contribution in [3.8, 4) is 0 Å². The Balaban J connectivity index is 1.62. The maximum Gasteiger partial charge on any atom is 0.257 e. The largest absolute Gasteiger partial charge is 0.349 e. The zero-order chi connectivity index (χ0) is 21.8. The zero-order valence-corrected chi connectivity index (χ0v) is 17.6. The molecule has 2 N–H and O–H groups in total. The Hall–Kier alpha value is -3.38. The van der Waals surface area contributed by atoms with E-state index in [1.807, 2.05) is 36.4 Å². The van der Waals surface area contributed by atoms with Gasteiger partial charge in [0.15, 0.2) is 0 Å². The molecular formula is C24H22ClN3O3. The molecule has 1 saturated carbocycles. The van der Waals surface area contributed by atoms with Gasteiger partial charge in [0, 0.05) is 36.5 Å². The van der Waals surface area contributed by atoms with Crippen LogP contribution in [-0.2, 0) is 13.1 Å². The lowest BCUT2D eigenvalue weighted by molar-refractivity contribution is 0.0948. The highest BCUT2D eigenvalue weighted by Gasteiger charge is 2.26. The third kappa shape index (κ3) is 5.41. The van der Waals surface area contributed by atoms with E-state index < -0.39 is 17.2 Å². The van der Waals surface area contributed by atoms with Crippen LogP contribution < -0.4 is 16.1 Å². The molecule has 0 atom stereocenters. The van der Waals surface area contributed by atoms with E-state index in [-0.39, 0.29) is 23.7 Å². The first-order valence-electron chi connectivity index (χ1n) is 10.1. The lowest BCUT2D eigenvalue weighted by atomic mass is 10.1. The highest BCUT2D eigenvalue weighted by molar-refractivity contribution is 6.30. The van der Waals surface area contributed by atoms with E-state index in [0.29, 0.717) is 11.6 Å². The minimum Gasteiger partial charge on any atom is -0.349 e. The van der Waals surface area contributed by atoms with Gasteiger partial charge in [0.05, 0.1) is 0 Å². The van der Waals surface area contributed by atoms with Gasteiger partial charge in [-0.2, -0.15) is 0 Å². The quantitative estimate of drug-likeness (QED) is 0.597. The number of pyridine rings is 1. The summed E-state index contributed by atoms with van der Waals surface area (Å²) in [5.41, 5.74) is 1.13. The Morgan fingerprint density at radius 1 is 0.935 bits per heavy atom. The first-order chi connectivity index (χ1) is 15.0. The molecule has 1 heterocycles. The molecular weight excluding hydrogens is 414 g/mol. The van der Waals surface area contributed by atoms with Crippen LogP contribution in [0, 0.1) is 0 Å². The van der Waals surface area contributed by atoms with Crippen LogP contribution in [0.5, 0.6) is 0 Å². The van der Waals surface area contributed by atoms with Crippen LogP contribution in [0.4, 0.5) is 0 Å². The molecule has 0 radical (unpaired) electrons. The monoisotopic (exact) mass is 435 g/mol. The number of nitrogens with one attached hydrogen (secondary N) is 2. The summed E-state index contributed by atoms with van der Waals surface area (Å²) in [6.45, 7) is 0.648. The number of amides is 2. The molecule has 4 rings (SSSR count). The molecule has 2 aromatic carbocycles. The molecule has 3 aromatic rings. The average molecular weight is 436 g/mol. The topological polar surface area (TPSA) is 80.2 Å². The molecule has 1 aliphatic carbocycles. The van der Waals surface area contributed by atoms with E-state index >= 15 is 0 Å². The van der Waals surface area contributed by atoms with E-state index in [0.717, 1.165) is 24.0 Å². The number of carbonyl (C=O) groups is 2. The van der Waals surface area contributed by atoms with Gasteiger partial charge >= 0.3 is 0 Å². The number of hydrogen-bond donors (Lipinski definition) is 2. The molecule has 0 spiro atoms. The van der Waals surface area contributed by atoms with Crippen molar-refractivity contribution in [3.05, 3.63) is 104 Å². The first kappa shape index (κ1) is 20.9. The Bertz CT molecular complexity index is 1170. The third-order valence-electron chi connectivity index (χ3n) is 5.03. The van der Waals surface area contributed by atoms with Gasteiger partial charge in [0.2, 0.25) is 5.43 Å². The van der Waals surface area contributed by atoms with Crippen molar-refractivity contribution in [1.29, 1.82) is 0 Å². The summed E-state index contributed by atoms with van der Waals surface area (Å²) in [5.74, 6) is -0.980. The van der Waals surface area contributed by atoms with Gasteiger partial charge in [-0.05, 0) is 36.1 Å². The molecule has 6 nitrogen and oxygen atoms in total. The lowest BCUT2D eigenvalue weighted by Crippen LogP contribution is -2.36. The molecule has 31 heavy (non-hydrogen) atoms. The second kappa shape index (κ2) is 9.18. The summed E-state index contributed by atoms with van der Waals surface area (Å²) >= 11 is 5.99. The van der Waals surface area contributed by atoms with Crippen LogP contribution in [0.1, 0.15) is 44.7 Å². The van der Waals surface area contributed by atoms with Gasteiger partial charge in [0.25, 0.3) is 11.8 Å². The molecule has 0 aliphatic heterocycles.